The maximum atomic E-state index is 12.0. The highest BCUT2D eigenvalue weighted by Gasteiger charge is 2.29. The number of hydrogen-bond donors (Lipinski definition) is 2. The number of halogens is 1. The molecule has 2 N–H and O–H groups in total. The lowest BCUT2D eigenvalue weighted by Crippen LogP contribution is -2.40. The average molecular weight is 375 g/mol. The van der Waals surface area contributed by atoms with E-state index in [4.69, 9.17) is 16.7 Å². The van der Waals surface area contributed by atoms with E-state index in [1.807, 2.05) is 4.72 Å². The van der Waals surface area contributed by atoms with Crippen molar-refractivity contribution in [2.45, 2.75) is 16.7 Å². The fourth-order valence-corrected chi connectivity index (χ4v) is 4.69. The molecule has 118 valence electrons. The van der Waals surface area contributed by atoms with Crippen molar-refractivity contribution < 1.29 is 23.2 Å². The van der Waals surface area contributed by atoms with Crippen LogP contribution in [0.3, 0.4) is 0 Å². The van der Waals surface area contributed by atoms with Crippen LogP contribution in [0.5, 0.6) is 0 Å². The molecule has 0 aromatic carbocycles. The fraction of sp³-hybridized carbons (Fsp3) is 0.444. The fourth-order valence-electron chi connectivity index (χ4n) is 1.31. The van der Waals surface area contributed by atoms with E-state index >= 15 is 0 Å². The third-order valence-electron chi connectivity index (χ3n) is 2.31. The number of hydrogen-bond acceptors (Lipinski definition) is 7. The van der Waals surface area contributed by atoms with E-state index in [9.17, 15) is 23.3 Å². The molecule has 1 unspecified atom stereocenters. The van der Waals surface area contributed by atoms with E-state index in [1.165, 1.54) is 11.8 Å². The standard InChI is InChI=1S/C9H11ClN2O6S3/c1-19-3-2-5(9(13)14)11-21(17,18)7-4-6(12(15)16)8(10)20-7/h4-5,11H,2-3H2,1H3,(H,13,14). The van der Waals surface area contributed by atoms with E-state index in [0.29, 0.717) is 17.1 Å². The summed E-state index contributed by atoms with van der Waals surface area (Å²) in [5.41, 5.74) is -0.530. The lowest BCUT2D eigenvalue weighted by molar-refractivity contribution is -0.384. The number of nitrogens with one attached hydrogen (secondary N) is 1. The van der Waals surface area contributed by atoms with Crippen molar-refractivity contribution in [1.29, 1.82) is 0 Å². The molecule has 1 aromatic heterocycles. The number of carbonyl (C=O) groups is 1. The predicted molar refractivity (Wildman–Crippen MR) is 80.7 cm³/mol. The molecule has 12 heteroatoms. The van der Waals surface area contributed by atoms with Crippen molar-refractivity contribution in [1.82, 2.24) is 4.72 Å². The Bertz CT molecular complexity index is 644. The monoisotopic (exact) mass is 374 g/mol. The lowest BCUT2D eigenvalue weighted by Gasteiger charge is -2.13. The second-order valence-corrected chi connectivity index (χ2v) is 8.36. The number of thioether (sulfide) groups is 1. The van der Waals surface area contributed by atoms with Crippen molar-refractivity contribution in [3.05, 3.63) is 20.5 Å². The summed E-state index contributed by atoms with van der Waals surface area (Å²) in [7, 11) is -4.18. The number of nitrogens with zero attached hydrogens (tertiary/aromatic N) is 1. The number of sulfonamides is 1. The Balaban J connectivity index is 3.02. The van der Waals surface area contributed by atoms with Crippen LogP contribution in [0.25, 0.3) is 0 Å². The molecule has 0 spiro atoms. The highest BCUT2D eigenvalue weighted by atomic mass is 35.5. The van der Waals surface area contributed by atoms with Crippen LogP contribution in [0, 0.1) is 10.1 Å². The highest BCUT2D eigenvalue weighted by molar-refractivity contribution is 7.98. The van der Waals surface area contributed by atoms with Gasteiger partial charge in [0.05, 0.1) is 4.92 Å². The number of thiophene rings is 1. The van der Waals surface area contributed by atoms with E-state index < -0.39 is 36.9 Å². The van der Waals surface area contributed by atoms with Gasteiger partial charge in [-0.3, -0.25) is 14.9 Å². The van der Waals surface area contributed by atoms with E-state index in [0.717, 1.165) is 6.07 Å². The lowest BCUT2D eigenvalue weighted by atomic mass is 10.2. The zero-order valence-electron chi connectivity index (χ0n) is 10.6. The van der Waals surface area contributed by atoms with E-state index in [-0.39, 0.29) is 10.8 Å². The third-order valence-corrected chi connectivity index (χ3v) is 6.24. The minimum absolute atomic E-state index is 0.0942. The van der Waals surface area contributed by atoms with Crippen molar-refractivity contribution in [3.63, 3.8) is 0 Å². The second-order valence-electron chi connectivity index (χ2n) is 3.78. The topological polar surface area (TPSA) is 127 Å². The van der Waals surface area contributed by atoms with Crippen LogP contribution < -0.4 is 4.72 Å². The molecule has 1 atom stereocenters. The molecular weight excluding hydrogens is 364 g/mol. The van der Waals surface area contributed by atoms with Crippen molar-refractivity contribution in [2.75, 3.05) is 12.0 Å². The quantitative estimate of drug-likeness (QED) is 0.524. The summed E-state index contributed by atoms with van der Waals surface area (Å²) in [5, 5.41) is 19.6. The minimum atomic E-state index is -4.18. The molecule has 0 saturated heterocycles. The summed E-state index contributed by atoms with van der Waals surface area (Å²) in [4.78, 5) is 20.9. The van der Waals surface area contributed by atoms with Gasteiger partial charge in [0.1, 0.15) is 10.3 Å². The molecule has 21 heavy (non-hydrogen) atoms. The van der Waals surface area contributed by atoms with Gasteiger partial charge in [-0.1, -0.05) is 11.6 Å². The molecule has 1 heterocycles. The molecule has 0 amide bonds. The molecule has 1 aromatic rings. The first kappa shape index (κ1) is 18.2. The summed E-state index contributed by atoms with van der Waals surface area (Å²) in [5.74, 6) is -0.866. The van der Waals surface area contributed by atoms with E-state index in [2.05, 4.69) is 0 Å². The number of carboxylic acids is 1. The van der Waals surface area contributed by atoms with Crippen LogP contribution in [-0.4, -0.2) is 42.5 Å². The van der Waals surface area contributed by atoms with Gasteiger partial charge < -0.3 is 5.11 Å². The molecule has 0 bridgehead atoms. The number of nitro groups is 1. The Morgan fingerprint density at radius 2 is 2.29 bits per heavy atom. The summed E-state index contributed by atoms with van der Waals surface area (Å²) >= 11 is 7.47. The Labute approximate surface area is 133 Å². The molecule has 0 aliphatic heterocycles. The van der Waals surface area contributed by atoms with Crippen molar-refractivity contribution >= 4 is 56.4 Å². The van der Waals surface area contributed by atoms with Gasteiger partial charge in [-0.15, -0.1) is 11.3 Å². The Hall–Kier alpha value is -0.880. The first-order chi connectivity index (χ1) is 9.69. The highest BCUT2D eigenvalue weighted by Crippen LogP contribution is 2.36. The summed E-state index contributed by atoms with van der Waals surface area (Å²) in [6.07, 6.45) is 1.85. The molecule has 0 radical (unpaired) electrons. The second kappa shape index (κ2) is 7.40. The Morgan fingerprint density at radius 3 is 2.71 bits per heavy atom. The predicted octanol–water partition coefficient (Wildman–Crippen LogP) is 1.79. The molecule has 8 nitrogen and oxygen atoms in total. The normalized spacial score (nSPS) is 13.0. The van der Waals surface area contributed by atoms with Crippen molar-refractivity contribution in [2.24, 2.45) is 0 Å². The zero-order chi connectivity index (χ0) is 16.2. The van der Waals surface area contributed by atoms with Crippen LogP contribution in [0.1, 0.15) is 6.42 Å². The van der Waals surface area contributed by atoms with E-state index in [1.54, 1.807) is 6.26 Å². The molecule has 0 saturated carbocycles. The summed E-state index contributed by atoms with van der Waals surface area (Å²) < 4.78 is 25.4. The van der Waals surface area contributed by atoms with Gasteiger partial charge in [0, 0.05) is 6.07 Å². The van der Waals surface area contributed by atoms with Crippen LogP contribution in [-0.2, 0) is 14.8 Å². The van der Waals surface area contributed by atoms with Crippen LogP contribution >= 0.6 is 34.7 Å². The largest absolute Gasteiger partial charge is 0.480 e. The molecular formula is C9H11ClN2O6S3. The minimum Gasteiger partial charge on any atom is -0.480 e. The molecule has 0 fully saturated rings. The number of carboxylic acid groups (broad SMARTS) is 1. The number of aliphatic carboxylic acids is 1. The Morgan fingerprint density at radius 1 is 1.67 bits per heavy atom. The smallest absolute Gasteiger partial charge is 0.321 e. The molecule has 0 aliphatic carbocycles. The summed E-state index contributed by atoms with van der Waals surface area (Å²) in [6.45, 7) is 0. The van der Waals surface area contributed by atoms with Crippen LogP contribution in [0.2, 0.25) is 4.34 Å². The number of rotatable bonds is 8. The molecule has 0 aliphatic rings. The maximum Gasteiger partial charge on any atom is 0.321 e. The van der Waals surface area contributed by atoms with Gasteiger partial charge in [0.2, 0.25) is 0 Å². The molecule has 1 rings (SSSR count). The van der Waals surface area contributed by atoms with Gasteiger partial charge in [-0.25, -0.2) is 8.42 Å². The Kier molecular flexibility index (Phi) is 6.41. The zero-order valence-corrected chi connectivity index (χ0v) is 13.8. The van der Waals surface area contributed by atoms with Crippen molar-refractivity contribution in [3.8, 4) is 0 Å². The van der Waals surface area contributed by atoms with Crippen LogP contribution in [0.4, 0.5) is 5.69 Å². The van der Waals surface area contributed by atoms with Gasteiger partial charge in [0.15, 0.2) is 4.34 Å². The maximum absolute atomic E-state index is 12.0. The first-order valence-corrected chi connectivity index (χ1v) is 9.44. The SMILES string of the molecule is CSCCC(NS(=O)(=O)c1cc([N+](=O)[O-])c(Cl)s1)C(=O)O. The van der Waals surface area contributed by atoms with Gasteiger partial charge in [0.25, 0.3) is 15.7 Å². The summed E-state index contributed by atoms with van der Waals surface area (Å²) in [6, 6.07) is -0.495. The van der Waals surface area contributed by atoms with Gasteiger partial charge >= 0.3 is 5.97 Å². The first-order valence-electron chi connectivity index (χ1n) is 5.37. The van der Waals surface area contributed by atoms with Crippen LogP contribution in [0.15, 0.2) is 10.3 Å². The average Bonchev–Trinajstić information content (AvgIpc) is 2.77. The van der Waals surface area contributed by atoms with Gasteiger partial charge in [-0.05, 0) is 18.4 Å². The van der Waals surface area contributed by atoms with Gasteiger partial charge in [-0.2, -0.15) is 16.5 Å². The third kappa shape index (κ3) is 4.81.